The number of nitrogens with zero attached hydrogens (tertiary/aromatic N) is 2. The second-order valence-electron chi connectivity index (χ2n) is 9.32. The molecule has 0 amide bonds. The highest BCUT2D eigenvalue weighted by Crippen LogP contribution is 2.31. The molecule has 9 heteroatoms. The SMILES string of the molecule is CCOC(=O)C1=C(C)N=c2s/c(=C/c3ccc(OCc4cccc(F)c4)c(Br)c3)c(=O)n2[C@@H]1c1ccc(C)cc1. The van der Waals surface area contributed by atoms with Crippen molar-refractivity contribution in [2.75, 3.05) is 6.61 Å². The van der Waals surface area contributed by atoms with Crippen molar-refractivity contribution in [3.8, 4) is 5.75 Å². The summed E-state index contributed by atoms with van der Waals surface area (Å²) in [4.78, 5) is 31.9. The highest BCUT2D eigenvalue weighted by molar-refractivity contribution is 9.10. The molecule has 0 aliphatic carbocycles. The van der Waals surface area contributed by atoms with Crippen molar-refractivity contribution in [3.05, 3.63) is 130 Å². The molecule has 1 aliphatic rings. The van der Waals surface area contributed by atoms with Crippen LogP contribution in [0.5, 0.6) is 5.75 Å². The van der Waals surface area contributed by atoms with Crippen molar-refractivity contribution >= 4 is 39.3 Å². The number of thiazole rings is 1. The van der Waals surface area contributed by atoms with Crippen molar-refractivity contribution in [1.82, 2.24) is 4.57 Å². The molecule has 4 aromatic rings. The quantitative estimate of drug-likeness (QED) is 0.253. The summed E-state index contributed by atoms with van der Waals surface area (Å²) in [6.45, 7) is 5.94. The first-order valence-corrected chi connectivity index (χ1v) is 14.3. The Bertz CT molecular complexity index is 1810. The Morgan fingerprint density at radius 2 is 1.90 bits per heavy atom. The van der Waals surface area contributed by atoms with Gasteiger partial charge in [-0.3, -0.25) is 9.36 Å². The van der Waals surface area contributed by atoms with Crippen LogP contribution in [0.1, 0.15) is 42.1 Å². The number of aromatic nitrogens is 1. The molecular weight excluding hydrogens is 595 g/mol. The van der Waals surface area contributed by atoms with Crippen LogP contribution in [-0.2, 0) is 16.1 Å². The smallest absolute Gasteiger partial charge is 0.338 e. The average Bonchev–Trinajstić information content (AvgIpc) is 3.22. The monoisotopic (exact) mass is 620 g/mol. The maximum Gasteiger partial charge on any atom is 0.338 e. The van der Waals surface area contributed by atoms with E-state index in [1.807, 2.05) is 43.3 Å². The summed E-state index contributed by atoms with van der Waals surface area (Å²) in [7, 11) is 0. The molecule has 0 unspecified atom stereocenters. The number of ether oxygens (including phenoxy) is 2. The fraction of sp³-hybridized carbons (Fsp3) is 0.194. The molecule has 0 spiro atoms. The zero-order valence-corrected chi connectivity index (χ0v) is 24.5. The molecule has 0 radical (unpaired) electrons. The predicted molar refractivity (Wildman–Crippen MR) is 156 cm³/mol. The molecule has 0 fully saturated rings. The van der Waals surface area contributed by atoms with Gasteiger partial charge in [-0.05, 0) is 83.7 Å². The van der Waals surface area contributed by atoms with Crippen LogP contribution in [0, 0.1) is 12.7 Å². The van der Waals surface area contributed by atoms with Crippen LogP contribution >= 0.6 is 27.3 Å². The summed E-state index contributed by atoms with van der Waals surface area (Å²) in [5, 5.41) is 0. The largest absolute Gasteiger partial charge is 0.488 e. The van der Waals surface area contributed by atoms with E-state index in [2.05, 4.69) is 20.9 Å². The molecule has 3 aromatic carbocycles. The van der Waals surface area contributed by atoms with Crippen LogP contribution in [0.4, 0.5) is 4.39 Å². The third kappa shape index (κ3) is 5.71. The number of allylic oxidation sites excluding steroid dienone is 1. The van der Waals surface area contributed by atoms with Crippen LogP contribution in [-0.4, -0.2) is 17.1 Å². The van der Waals surface area contributed by atoms with Crippen LogP contribution in [0.2, 0.25) is 0 Å². The summed E-state index contributed by atoms with van der Waals surface area (Å²) < 4.78 is 27.4. The van der Waals surface area contributed by atoms with Crippen LogP contribution in [0.3, 0.4) is 0 Å². The van der Waals surface area contributed by atoms with Gasteiger partial charge in [-0.15, -0.1) is 0 Å². The van der Waals surface area contributed by atoms with E-state index in [-0.39, 0.29) is 24.6 Å². The number of hydrogen-bond acceptors (Lipinski definition) is 6. The van der Waals surface area contributed by atoms with Crippen molar-refractivity contribution in [2.24, 2.45) is 4.99 Å². The van der Waals surface area contributed by atoms with Gasteiger partial charge in [0.2, 0.25) is 0 Å². The van der Waals surface area contributed by atoms with E-state index < -0.39 is 12.0 Å². The Hall–Kier alpha value is -3.82. The summed E-state index contributed by atoms with van der Waals surface area (Å²) in [5.41, 5.74) is 4.01. The summed E-state index contributed by atoms with van der Waals surface area (Å²) >= 11 is 4.81. The third-order valence-electron chi connectivity index (χ3n) is 6.45. The second-order valence-corrected chi connectivity index (χ2v) is 11.2. The predicted octanol–water partition coefficient (Wildman–Crippen LogP) is 5.59. The molecule has 40 heavy (non-hydrogen) atoms. The third-order valence-corrected chi connectivity index (χ3v) is 8.05. The number of fused-ring (bicyclic) bond motifs is 1. The van der Waals surface area contributed by atoms with Crippen LogP contribution in [0.15, 0.2) is 92.3 Å². The highest BCUT2D eigenvalue weighted by atomic mass is 79.9. The van der Waals surface area contributed by atoms with E-state index in [9.17, 15) is 14.0 Å². The van der Waals surface area contributed by atoms with Gasteiger partial charge in [-0.1, -0.05) is 59.4 Å². The van der Waals surface area contributed by atoms with Gasteiger partial charge in [0, 0.05) is 0 Å². The number of hydrogen-bond donors (Lipinski definition) is 0. The minimum atomic E-state index is -0.650. The number of aryl methyl sites for hydroxylation is 1. The fourth-order valence-corrected chi connectivity index (χ4v) is 6.08. The van der Waals surface area contributed by atoms with E-state index in [0.29, 0.717) is 30.8 Å². The molecule has 1 atom stereocenters. The van der Waals surface area contributed by atoms with E-state index in [0.717, 1.165) is 22.3 Å². The lowest BCUT2D eigenvalue weighted by Crippen LogP contribution is -2.39. The zero-order chi connectivity index (χ0) is 28.4. The Kier molecular flexibility index (Phi) is 8.14. The lowest BCUT2D eigenvalue weighted by molar-refractivity contribution is -0.139. The summed E-state index contributed by atoms with van der Waals surface area (Å²) in [6.07, 6.45) is 1.79. The Balaban J connectivity index is 1.52. The second kappa shape index (κ2) is 11.7. The van der Waals surface area contributed by atoms with Gasteiger partial charge in [0.15, 0.2) is 4.80 Å². The standard InChI is InChI=1S/C31H26BrFN2O4S/c1-4-38-30(37)27-19(3)34-31-35(28(27)22-11-8-18(2)9-12-22)29(36)26(40-31)16-20-10-13-25(24(32)15-20)39-17-21-6-5-7-23(33)14-21/h5-16,28H,4,17H2,1-3H3/b26-16+/t28-/m1/s1. The molecule has 6 nitrogen and oxygen atoms in total. The van der Waals surface area contributed by atoms with Gasteiger partial charge in [0.25, 0.3) is 5.56 Å². The van der Waals surface area contributed by atoms with Gasteiger partial charge in [0.1, 0.15) is 18.2 Å². The van der Waals surface area contributed by atoms with E-state index >= 15 is 0 Å². The lowest BCUT2D eigenvalue weighted by atomic mass is 9.95. The number of esters is 1. The Morgan fingerprint density at radius 1 is 1.12 bits per heavy atom. The molecule has 204 valence electrons. The highest BCUT2D eigenvalue weighted by Gasteiger charge is 2.33. The summed E-state index contributed by atoms with van der Waals surface area (Å²) in [6, 6.07) is 18.9. The molecule has 1 aromatic heterocycles. The topological polar surface area (TPSA) is 69.9 Å². The number of benzene rings is 3. The number of rotatable bonds is 7. The molecule has 1 aliphatic heterocycles. The van der Waals surface area contributed by atoms with E-state index in [1.54, 1.807) is 42.7 Å². The number of carbonyl (C=O) groups is 1. The van der Waals surface area contributed by atoms with Gasteiger partial charge in [0.05, 0.1) is 32.9 Å². The molecule has 2 heterocycles. The molecular formula is C31H26BrFN2O4S. The van der Waals surface area contributed by atoms with Gasteiger partial charge < -0.3 is 9.47 Å². The maximum atomic E-state index is 13.8. The van der Waals surface area contributed by atoms with E-state index in [4.69, 9.17) is 9.47 Å². The number of carbonyl (C=O) groups excluding carboxylic acids is 1. The van der Waals surface area contributed by atoms with Crippen molar-refractivity contribution < 1.29 is 18.7 Å². The molecule has 0 N–H and O–H groups in total. The first kappa shape index (κ1) is 27.7. The normalized spacial score (nSPS) is 15.0. The minimum absolute atomic E-state index is 0.218. The van der Waals surface area contributed by atoms with Gasteiger partial charge >= 0.3 is 5.97 Å². The fourth-order valence-electron chi connectivity index (χ4n) is 4.52. The van der Waals surface area contributed by atoms with Crippen molar-refractivity contribution in [2.45, 2.75) is 33.4 Å². The Morgan fingerprint density at radius 3 is 2.60 bits per heavy atom. The number of halogens is 2. The van der Waals surface area contributed by atoms with Crippen molar-refractivity contribution in [3.63, 3.8) is 0 Å². The molecule has 0 bridgehead atoms. The molecule has 0 saturated heterocycles. The van der Waals surface area contributed by atoms with Crippen molar-refractivity contribution in [1.29, 1.82) is 0 Å². The summed E-state index contributed by atoms with van der Waals surface area (Å²) in [5.74, 6) is -0.204. The lowest BCUT2D eigenvalue weighted by Gasteiger charge is -2.24. The zero-order valence-electron chi connectivity index (χ0n) is 22.1. The molecule has 0 saturated carbocycles. The van der Waals surface area contributed by atoms with Gasteiger partial charge in [-0.25, -0.2) is 14.2 Å². The first-order valence-electron chi connectivity index (χ1n) is 12.7. The van der Waals surface area contributed by atoms with Gasteiger partial charge in [-0.2, -0.15) is 0 Å². The maximum absolute atomic E-state index is 13.8. The average molecular weight is 622 g/mol. The Labute approximate surface area is 242 Å². The van der Waals surface area contributed by atoms with Crippen LogP contribution < -0.4 is 19.6 Å². The first-order chi connectivity index (χ1) is 19.2. The van der Waals surface area contributed by atoms with Crippen LogP contribution in [0.25, 0.3) is 6.08 Å². The van der Waals surface area contributed by atoms with E-state index in [1.165, 1.54) is 23.5 Å². The molecule has 5 rings (SSSR count). The minimum Gasteiger partial charge on any atom is -0.488 e.